The van der Waals surface area contributed by atoms with Crippen LogP contribution in [0.4, 0.5) is 0 Å². The van der Waals surface area contributed by atoms with Gasteiger partial charge >= 0.3 is 0 Å². The molecule has 0 aromatic heterocycles. The van der Waals surface area contributed by atoms with Crippen LogP contribution in [-0.2, 0) is 6.42 Å². The van der Waals surface area contributed by atoms with Crippen LogP contribution in [0.15, 0.2) is 24.3 Å². The SMILES string of the molecule is COc1ccc(CC(C)C(CN)CO)cc1. The minimum absolute atomic E-state index is 0.161. The first-order valence-electron chi connectivity index (χ1n) is 5.65. The van der Waals surface area contributed by atoms with E-state index in [1.165, 1.54) is 5.56 Å². The summed E-state index contributed by atoms with van der Waals surface area (Å²) in [4.78, 5) is 0. The quantitative estimate of drug-likeness (QED) is 0.767. The van der Waals surface area contributed by atoms with Crippen molar-refractivity contribution >= 4 is 0 Å². The Kier molecular flexibility index (Phi) is 5.29. The zero-order valence-corrected chi connectivity index (χ0v) is 10.0. The molecule has 0 amide bonds. The Morgan fingerprint density at radius 2 is 1.94 bits per heavy atom. The third kappa shape index (κ3) is 3.51. The van der Waals surface area contributed by atoms with Crippen molar-refractivity contribution in [1.82, 2.24) is 0 Å². The van der Waals surface area contributed by atoms with Crippen molar-refractivity contribution in [2.75, 3.05) is 20.3 Å². The molecular weight excluding hydrogens is 202 g/mol. The normalized spacial score (nSPS) is 14.5. The summed E-state index contributed by atoms with van der Waals surface area (Å²) < 4.78 is 5.10. The molecule has 3 nitrogen and oxygen atoms in total. The van der Waals surface area contributed by atoms with Crippen LogP contribution in [-0.4, -0.2) is 25.4 Å². The van der Waals surface area contributed by atoms with Gasteiger partial charge in [0.25, 0.3) is 0 Å². The first kappa shape index (κ1) is 13.0. The van der Waals surface area contributed by atoms with Gasteiger partial charge in [0.05, 0.1) is 7.11 Å². The zero-order valence-electron chi connectivity index (χ0n) is 10.0. The standard InChI is InChI=1S/C13H21NO2/c1-10(12(8-14)9-15)7-11-3-5-13(16-2)6-4-11/h3-6,10,12,15H,7-9,14H2,1-2H3. The Morgan fingerprint density at radius 3 is 2.38 bits per heavy atom. The molecule has 1 aromatic carbocycles. The van der Waals surface area contributed by atoms with Crippen LogP contribution in [0.5, 0.6) is 5.75 Å². The molecule has 16 heavy (non-hydrogen) atoms. The van der Waals surface area contributed by atoms with Gasteiger partial charge in [-0.15, -0.1) is 0 Å². The fourth-order valence-electron chi connectivity index (χ4n) is 1.79. The highest BCUT2D eigenvalue weighted by Gasteiger charge is 2.15. The molecule has 1 aromatic rings. The van der Waals surface area contributed by atoms with Crippen LogP contribution in [0.25, 0.3) is 0 Å². The minimum atomic E-state index is 0.161. The maximum atomic E-state index is 9.16. The Balaban J connectivity index is 2.58. The summed E-state index contributed by atoms with van der Waals surface area (Å²) in [5.41, 5.74) is 6.85. The molecule has 2 unspecified atom stereocenters. The molecule has 0 fully saturated rings. The van der Waals surface area contributed by atoms with Gasteiger partial charge in [0.2, 0.25) is 0 Å². The van der Waals surface area contributed by atoms with E-state index in [4.69, 9.17) is 15.6 Å². The number of benzene rings is 1. The number of hydrogen-bond donors (Lipinski definition) is 2. The molecule has 0 heterocycles. The number of rotatable bonds is 6. The van der Waals surface area contributed by atoms with Gasteiger partial charge in [0.15, 0.2) is 0 Å². The number of hydrogen-bond acceptors (Lipinski definition) is 3. The number of nitrogens with two attached hydrogens (primary N) is 1. The van der Waals surface area contributed by atoms with E-state index in [1.807, 2.05) is 12.1 Å². The molecule has 0 radical (unpaired) electrons. The molecule has 0 aliphatic heterocycles. The molecule has 0 saturated heterocycles. The van der Waals surface area contributed by atoms with E-state index in [0.717, 1.165) is 12.2 Å². The fourth-order valence-corrected chi connectivity index (χ4v) is 1.79. The number of aliphatic hydroxyl groups excluding tert-OH is 1. The predicted molar refractivity (Wildman–Crippen MR) is 65.5 cm³/mol. The van der Waals surface area contributed by atoms with E-state index in [9.17, 15) is 0 Å². The van der Waals surface area contributed by atoms with Gasteiger partial charge in [-0.05, 0) is 42.5 Å². The zero-order chi connectivity index (χ0) is 12.0. The Bertz CT molecular complexity index is 293. The van der Waals surface area contributed by atoms with E-state index < -0.39 is 0 Å². The van der Waals surface area contributed by atoms with Gasteiger partial charge in [0.1, 0.15) is 5.75 Å². The highest BCUT2D eigenvalue weighted by Crippen LogP contribution is 2.18. The molecular formula is C13H21NO2. The van der Waals surface area contributed by atoms with Crippen LogP contribution in [0.3, 0.4) is 0 Å². The van der Waals surface area contributed by atoms with Crippen molar-refractivity contribution < 1.29 is 9.84 Å². The molecule has 3 N–H and O–H groups in total. The lowest BCUT2D eigenvalue weighted by atomic mass is 9.89. The van der Waals surface area contributed by atoms with Crippen molar-refractivity contribution in [3.8, 4) is 5.75 Å². The fraction of sp³-hybridized carbons (Fsp3) is 0.538. The van der Waals surface area contributed by atoms with E-state index in [0.29, 0.717) is 12.5 Å². The Hall–Kier alpha value is -1.06. The lowest BCUT2D eigenvalue weighted by Crippen LogP contribution is -2.26. The average molecular weight is 223 g/mol. The summed E-state index contributed by atoms with van der Waals surface area (Å²) in [7, 11) is 1.66. The van der Waals surface area contributed by atoms with Crippen molar-refractivity contribution in [3.63, 3.8) is 0 Å². The number of ether oxygens (including phenoxy) is 1. The monoisotopic (exact) mass is 223 g/mol. The molecule has 2 atom stereocenters. The molecule has 0 bridgehead atoms. The number of aliphatic hydroxyl groups is 1. The highest BCUT2D eigenvalue weighted by atomic mass is 16.5. The molecule has 3 heteroatoms. The van der Waals surface area contributed by atoms with Gasteiger partial charge in [-0.25, -0.2) is 0 Å². The molecule has 1 rings (SSSR count). The molecule has 0 aliphatic rings. The van der Waals surface area contributed by atoms with Crippen LogP contribution in [0.1, 0.15) is 12.5 Å². The molecule has 90 valence electrons. The molecule has 0 saturated carbocycles. The second-order valence-corrected chi connectivity index (χ2v) is 4.21. The first-order chi connectivity index (χ1) is 7.71. The second-order valence-electron chi connectivity index (χ2n) is 4.21. The molecule has 0 spiro atoms. The van der Waals surface area contributed by atoms with Gasteiger partial charge < -0.3 is 15.6 Å². The second kappa shape index (κ2) is 6.51. The van der Waals surface area contributed by atoms with Crippen LogP contribution < -0.4 is 10.5 Å². The topological polar surface area (TPSA) is 55.5 Å². The summed E-state index contributed by atoms with van der Waals surface area (Å²) in [6.07, 6.45) is 0.937. The van der Waals surface area contributed by atoms with Gasteiger partial charge in [-0.2, -0.15) is 0 Å². The third-order valence-electron chi connectivity index (χ3n) is 3.06. The summed E-state index contributed by atoms with van der Waals surface area (Å²) >= 11 is 0. The minimum Gasteiger partial charge on any atom is -0.497 e. The molecule has 0 aliphatic carbocycles. The van der Waals surface area contributed by atoms with Gasteiger partial charge in [0, 0.05) is 6.61 Å². The van der Waals surface area contributed by atoms with E-state index in [2.05, 4.69) is 19.1 Å². The summed E-state index contributed by atoms with van der Waals surface area (Å²) in [6.45, 7) is 2.82. The van der Waals surface area contributed by atoms with Crippen molar-refractivity contribution in [2.24, 2.45) is 17.6 Å². The summed E-state index contributed by atoms with van der Waals surface area (Å²) in [5.74, 6) is 1.44. The van der Waals surface area contributed by atoms with Crippen LogP contribution in [0.2, 0.25) is 0 Å². The third-order valence-corrected chi connectivity index (χ3v) is 3.06. The Labute approximate surface area is 97.2 Å². The van der Waals surface area contributed by atoms with Crippen molar-refractivity contribution in [2.45, 2.75) is 13.3 Å². The Morgan fingerprint density at radius 1 is 1.31 bits per heavy atom. The van der Waals surface area contributed by atoms with Crippen molar-refractivity contribution in [1.29, 1.82) is 0 Å². The van der Waals surface area contributed by atoms with Crippen molar-refractivity contribution in [3.05, 3.63) is 29.8 Å². The average Bonchev–Trinajstić information content (AvgIpc) is 2.31. The lowest BCUT2D eigenvalue weighted by Gasteiger charge is -2.20. The maximum Gasteiger partial charge on any atom is 0.118 e. The van der Waals surface area contributed by atoms with Crippen LogP contribution in [0, 0.1) is 11.8 Å². The predicted octanol–water partition coefficient (Wildman–Crippen LogP) is 1.44. The van der Waals surface area contributed by atoms with Gasteiger partial charge in [-0.3, -0.25) is 0 Å². The van der Waals surface area contributed by atoms with E-state index >= 15 is 0 Å². The smallest absolute Gasteiger partial charge is 0.118 e. The maximum absolute atomic E-state index is 9.16. The summed E-state index contributed by atoms with van der Waals surface area (Å²) in [6, 6.07) is 8.03. The van der Waals surface area contributed by atoms with Crippen LogP contribution >= 0.6 is 0 Å². The highest BCUT2D eigenvalue weighted by molar-refractivity contribution is 5.27. The lowest BCUT2D eigenvalue weighted by molar-refractivity contribution is 0.187. The first-order valence-corrected chi connectivity index (χ1v) is 5.65. The number of methoxy groups -OCH3 is 1. The van der Waals surface area contributed by atoms with Gasteiger partial charge in [-0.1, -0.05) is 19.1 Å². The van der Waals surface area contributed by atoms with E-state index in [1.54, 1.807) is 7.11 Å². The summed E-state index contributed by atoms with van der Waals surface area (Å²) in [5, 5.41) is 9.16. The van der Waals surface area contributed by atoms with E-state index in [-0.39, 0.29) is 12.5 Å². The largest absolute Gasteiger partial charge is 0.497 e.